The average Bonchev–Trinajstić information content (AvgIpc) is 2.83. The molecular formula is C16H24CsNO2S. The molecule has 1 saturated heterocycles. The van der Waals surface area contributed by atoms with Crippen molar-refractivity contribution in [1.29, 1.82) is 0 Å². The number of nitrogens with zero attached hydrogens (tertiary/aromatic N) is 1. The molecule has 0 N–H and O–H groups in total. The van der Waals surface area contributed by atoms with E-state index in [4.69, 9.17) is 9.47 Å². The van der Waals surface area contributed by atoms with Crippen molar-refractivity contribution in [3.63, 3.8) is 0 Å². The normalized spacial score (nSPS) is 21.3. The van der Waals surface area contributed by atoms with Crippen molar-refractivity contribution < 1.29 is 78.4 Å². The number of thioether (sulfide) groups is 1. The van der Waals surface area contributed by atoms with Crippen LogP contribution in [0.25, 0.3) is 0 Å². The van der Waals surface area contributed by atoms with Crippen molar-refractivity contribution in [2.45, 2.75) is 24.5 Å². The molecule has 21 heavy (non-hydrogen) atoms. The van der Waals surface area contributed by atoms with Crippen LogP contribution < -0.4 is 73.6 Å². The number of likely N-dealkylation sites (N-methyl/N-ethyl adjacent to an activating group) is 1. The van der Waals surface area contributed by atoms with Gasteiger partial charge in [-0.1, -0.05) is 19.1 Å². The summed E-state index contributed by atoms with van der Waals surface area (Å²) in [5.74, 6) is 2.52. The molecule has 1 aliphatic rings. The van der Waals surface area contributed by atoms with Gasteiger partial charge in [-0.15, -0.1) is 17.7 Å². The van der Waals surface area contributed by atoms with Crippen molar-refractivity contribution in [2.24, 2.45) is 5.92 Å². The Morgan fingerprint density at radius 3 is 2.62 bits per heavy atom. The Kier molecular flexibility index (Phi) is 10.7. The molecule has 1 aromatic rings. The van der Waals surface area contributed by atoms with Crippen LogP contribution in [0.15, 0.2) is 24.3 Å². The minimum absolute atomic E-state index is 0. The first kappa shape index (κ1) is 20.4. The summed E-state index contributed by atoms with van der Waals surface area (Å²) in [7, 11) is 4.10. The van der Waals surface area contributed by atoms with Crippen LogP contribution in [0.5, 0.6) is 5.75 Å². The van der Waals surface area contributed by atoms with Gasteiger partial charge >= 0.3 is 68.9 Å². The average molecular weight is 427 g/mol. The zero-order valence-corrected chi connectivity index (χ0v) is 20.6. The van der Waals surface area contributed by atoms with Gasteiger partial charge in [-0.25, -0.2) is 6.61 Å². The van der Waals surface area contributed by atoms with Crippen molar-refractivity contribution in [2.75, 3.05) is 27.2 Å². The minimum Gasteiger partial charge on any atom is -0.542 e. The van der Waals surface area contributed by atoms with E-state index in [0.717, 1.165) is 31.1 Å². The Bertz CT molecular complexity index is 400. The predicted octanol–water partition coefficient (Wildman–Crippen LogP) is 0.408. The molecule has 112 valence electrons. The quantitative estimate of drug-likeness (QED) is 0.588. The van der Waals surface area contributed by atoms with Gasteiger partial charge in [0.2, 0.25) is 0 Å². The van der Waals surface area contributed by atoms with E-state index in [9.17, 15) is 0 Å². The first-order valence-corrected chi connectivity index (χ1v) is 8.15. The summed E-state index contributed by atoms with van der Waals surface area (Å²) in [5, 5.41) is 0. The third kappa shape index (κ3) is 8.13. The number of rotatable bonds is 7. The van der Waals surface area contributed by atoms with Gasteiger partial charge in [0.25, 0.3) is 0 Å². The minimum atomic E-state index is 0. The first-order chi connectivity index (χ1) is 9.63. The van der Waals surface area contributed by atoms with Gasteiger partial charge < -0.3 is 14.4 Å². The van der Waals surface area contributed by atoms with Crippen LogP contribution in [0, 0.1) is 12.5 Å². The molecule has 0 saturated carbocycles. The van der Waals surface area contributed by atoms with Gasteiger partial charge in [0.05, 0.1) is 5.44 Å². The standard InChI is InChI=1S/C16H24NO2S.Cs/c1-13-10-16(19-11-13)20-12-14-4-6-15(7-5-14)18-9-8-17(2)3;/h4-7,11,13,16H,8-10,12H2,1-3H3;/q-1;+1/t13-,16?;/m1./s1. The Balaban J connectivity index is 0.00000220. The smallest absolute Gasteiger partial charge is 0.542 e. The molecule has 3 nitrogen and oxygen atoms in total. The van der Waals surface area contributed by atoms with Crippen LogP contribution >= 0.6 is 11.8 Å². The number of ether oxygens (including phenoxy) is 2. The fourth-order valence-corrected chi connectivity index (χ4v) is 3.11. The molecule has 1 aromatic carbocycles. The maximum absolute atomic E-state index is 5.69. The summed E-state index contributed by atoms with van der Waals surface area (Å²) in [5.41, 5.74) is 1.64. The molecule has 0 amide bonds. The van der Waals surface area contributed by atoms with Crippen molar-refractivity contribution in [3.05, 3.63) is 36.4 Å². The van der Waals surface area contributed by atoms with E-state index < -0.39 is 0 Å². The van der Waals surface area contributed by atoms with Gasteiger partial charge in [-0.2, -0.15) is 0 Å². The molecule has 0 bridgehead atoms. The van der Waals surface area contributed by atoms with E-state index in [1.165, 1.54) is 5.56 Å². The van der Waals surface area contributed by atoms with Crippen molar-refractivity contribution in [3.8, 4) is 5.75 Å². The van der Waals surface area contributed by atoms with E-state index in [2.05, 4.69) is 36.1 Å². The van der Waals surface area contributed by atoms with Crippen LogP contribution in [-0.2, 0) is 10.5 Å². The predicted molar refractivity (Wildman–Crippen MR) is 84.7 cm³/mol. The second-order valence-corrected chi connectivity index (χ2v) is 6.67. The van der Waals surface area contributed by atoms with Gasteiger partial charge in [0.1, 0.15) is 12.4 Å². The molecule has 0 aromatic heterocycles. The largest absolute Gasteiger partial charge is 1.00 e. The van der Waals surface area contributed by atoms with Gasteiger partial charge in [-0.3, -0.25) is 0 Å². The van der Waals surface area contributed by atoms with Crippen LogP contribution in [0.4, 0.5) is 0 Å². The van der Waals surface area contributed by atoms with E-state index in [1.54, 1.807) is 0 Å². The molecule has 1 unspecified atom stereocenters. The Labute approximate surface area is 191 Å². The third-order valence-corrected chi connectivity index (χ3v) is 4.37. The summed E-state index contributed by atoms with van der Waals surface area (Å²) in [6.45, 7) is 5.82. The van der Waals surface area contributed by atoms with Gasteiger partial charge in [0.15, 0.2) is 0 Å². The second kappa shape index (κ2) is 11.0. The summed E-state index contributed by atoms with van der Waals surface area (Å²) in [6, 6.07) is 8.38. The van der Waals surface area contributed by atoms with Crippen LogP contribution in [-0.4, -0.2) is 37.6 Å². The van der Waals surface area contributed by atoms with Crippen LogP contribution in [0.1, 0.15) is 18.9 Å². The second-order valence-electron chi connectivity index (χ2n) is 5.52. The van der Waals surface area contributed by atoms with Crippen LogP contribution in [0.3, 0.4) is 0 Å². The summed E-state index contributed by atoms with van der Waals surface area (Å²) in [4.78, 5) is 2.12. The molecule has 5 heteroatoms. The fourth-order valence-electron chi connectivity index (χ4n) is 1.96. The van der Waals surface area contributed by atoms with E-state index in [-0.39, 0.29) is 68.9 Å². The molecule has 0 aliphatic carbocycles. The Hall–Kier alpha value is 1.34. The molecule has 2 rings (SSSR count). The summed E-state index contributed by atoms with van der Waals surface area (Å²) in [6.07, 6.45) is 1.12. The Morgan fingerprint density at radius 2 is 2.05 bits per heavy atom. The van der Waals surface area contributed by atoms with Crippen molar-refractivity contribution >= 4 is 11.8 Å². The van der Waals surface area contributed by atoms with Crippen LogP contribution in [0.2, 0.25) is 0 Å². The van der Waals surface area contributed by atoms with E-state index >= 15 is 0 Å². The van der Waals surface area contributed by atoms with Gasteiger partial charge in [-0.05, 0) is 38.2 Å². The fraction of sp³-hybridized carbons (Fsp3) is 0.562. The van der Waals surface area contributed by atoms with Gasteiger partial charge in [0, 0.05) is 12.3 Å². The molecule has 0 spiro atoms. The van der Waals surface area contributed by atoms with E-state index in [0.29, 0.717) is 11.4 Å². The summed E-state index contributed by atoms with van der Waals surface area (Å²) >= 11 is 1.87. The molecule has 0 radical (unpaired) electrons. The number of benzene rings is 1. The zero-order valence-electron chi connectivity index (χ0n) is 13.5. The van der Waals surface area contributed by atoms with Crippen molar-refractivity contribution in [1.82, 2.24) is 4.90 Å². The maximum Gasteiger partial charge on any atom is 1.00 e. The summed E-state index contributed by atoms with van der Waals surface area (Å²) < 4.78 is 11.3. The molecule has 2 atom stereocenters. The number of hydrogen-bond acceptors (Lipinski definition) is 4. The first-order valence-electron chi connectivity index (χ1n) is 7.10. The number of hydrogen-bond donors (Lipinski definition) is 0. The molecule has 1 fully saturated rings. The topological polar surface area (TPSA) is 21.7 Å². The third-order valence-electron chi connectivity index (χ3n) is 3.19. The SMILES string of the molecule is C[C@H]1[CH-]OC(SCc2ccc(OCCN(C)C)cc2)C1.[Cs+]. The maximum atomic E-state index is 5.69. The molecule has 1 aliphatic heterocycles. The van der Waals surface area contributed by atoms with E-state index in [1.807, 2.05) is 32.5 Å². The monoisotopic (exact) mass is 427 g/mol. The zero-order chi connectivity index (χ0) is 14.4. The molecule has 1 heterocycles. The molecular weight excluding hydrogens is 403 g/mol. The Morgan fingerprint density at radius 1 is 1.33 bits per heavy atom.